The van der Waals surface area contributed by atoms with Crippen molar-refractivity contribution in [2.45, 2.75) is 12.5 Å². The number of hydrogen-bond donors (Lipinski definition) is 3. The van der Waals surface area contributed by atoms with Crippen molar-refractivity contribution in [1.82, 2.24) is 15.3 Å². The van der Waals surface area contributed by atoms with Crippen LogP contribution in [0.4, 0.5) is 5.69 Å². The van der Waals surface area contributed by atoms with Crippen LogP contribution in [-0.4, -0.2) is 33.4 Å². The van der Waals surface area contributed by atoms with Crippen LogP contribution in [0.25, 0.3) is 17.1 Å². The molecule has 27 heavy (non-hydrogen) atoms. The predicted octanol–water partition coefficient (Wildman–Crippen LogP) is 2.17. The molecule has 0 unspecified atom stereocenters. The number of nitro groups is 1. The first kappa shape index (κ1) is 18.3. The van der Waals surface area contributed by atoms with Gasteiger partial charge >= 0.3 is 0 Å². The molecule has 3 rings (SSSR count). The molecule has 2 heterocycles. The van der Waals surface area contributed by atoms with Crippen LogP contribution in [0.2, 0.25) is 0 Å². The molecule has 0 aliphatic rings. The Kier molecular flexibility index (Phi) is 5.58. The number of H-pyrrole nitrogens is 1. The summed E-state index contributed by atoms with van der Waals surface area (Å²) in [5.74, 6) is -0.283. The minimum absolute atomic E-state index is 0.104. The Bertz CT molecular complexity index is 981. The first-order valence-corrected chi connectivity index (χ1v) is 8.41. The van der Waals surface area contributed by atoms with Gasteiger partial charge in [-0.25, -0.2) is 4.98 Å². The van der Waals surface area contributed by atoms with Gasteiger partial charge in [0.1, 0.15) is 11.8 Å². The zero-order valence-corrected chi connectivity index (χ0v) is 14.5. The Hall–Kier alpha value is -3.52. The van der Waals surface area contributed by atoms with Crippen LogP contribution in [0, 0.1) is 10.1 Å². The number of carbonyl (C=O) groups is 1. The number of amides is 1. The SMILES string of the molecule is NC[C@H](Cc1ccccc1)NC(=O)/C=C/c1c[nH]c2ncc([N+](=O)[O-])cc12. The van der Waals surface area contributed by atoms with Gasteiger partial charge in [-0.3, -0.25) is 14.9 Å². The summed E-state index contributed by atoms with van der Waals surface area (Å²) in [6.45, 7) is 0.317. The van der Waals surface area contributed by atoms with E-state index in [0.29, 0.717) is 29.6 Å². The van der Waals surface area contributed by atoms with Crippen molar-refractivity contribution in [3.05, 3.63) is 76.1 Å². The standard InChI is InChI=1S/C19H19N5O3/c20-10-15(8-13-4-2-1-3-5-13)23-18(25)7-6-14-11-21-19-17(14)9-16(12-22-19)24(26)27/h1-7,9,11-12,15H,8,10,20H2,(H,21,22)(H,23,25)/b7-6+/t15-/m0/s1. The first-order chi connectivity index (χ1) is 13.1. The van der Waals surface area contributed by atoms with Gasteiger partial charge in [0.25, 0.3) is 5.69 Å². The number of nitrogens with zero attached hydrogens (tertiary/aromatic N) is 2. The van der Waals surface area contributed by atoms with Gasteiger partial charge in [0.15, 0.2) is 0 Å². The Morgan fingerprint density at radius 2 is 2.15 bits per heavy atom. The van der Waals surface area contributed by atoms with Gasteiger partial charge < -0.3 is 16.0 Å². The highest BCUT2D eigenvalue weighted by atomic mass is 16.6. The molecule has 0 spiro atoms. The third-order valence-corrected chi connectivity index (χ3v) is 4.13. The lowest BCUT2D eigenvalue weighted by Crippen LogP contribution is -2.40. The van der Waals surface area contributed by atoms with Crippen molar-refractivity contribution in [3.63, 3.8) is 0 Å². The van der Waals surface area contributed by atoms with Crippen molar-refractivity contribution in [2.24, 2.45) is 5.73 Å². The number of nitrogens with two attached hydrogens (primary N) is 1. The highest BCUT2D eigenvalue weighted by Gasteiger charge is 2.12. The van der Waals surface area contributed by atoms with Gasteiger partial charge in [-0.05, 0) is 18.1 Å². The number of hydrogen-bond acceptors (Lipinski definition) is 5. The second kappa shape index (κ2) is 8.24. The number of pyridine rings is 1. The van der Waals surface area contributed by atoms with E-state index in [1.165, 1.54) is 18.3 Å². The summed E-state index contributed by atoms with van der Waals surface area (Å²) in [7, 11) is 0. The molecule has 2 aromatic heterocycles. The molecule has 0 fully saturated rings. The summed E-state index contributed by atoms with van der Waals surface area (Å²) in [5.41, 5.74) is 7.91. The number of carbonyl (C=O) groups excluding carboxylic acids is 1. The number of benzene rings is 1. The molecule has 0 saturated heterocycles. The summed E-state index contributed by atoms with van der Waals surface area (Å²) in [6.07, 6.45) is 6.45. The topological polar surface area (TPSA) is 127 Å². The van der Waals surface area contributed by atoms with E-state index in [0.717, 1.165) is 5.56 Å². The second-order valence-electron chi connectivity index (χ2n) is 6.06. The fraction of sp³-hybridized carbons (Fsp3) is 0.158. The van der Waals surface area contributed by atoms with Crippen LogP contribution < -0.4 is 11.1 Å². The van der Waals surface area contributed by atoms with E-state index in [9.17, 15) is 14.9 Å². The zero-order valence-electron chi connectivity index (χ0n) is 14.5. The molecule has 1 amide bonds. The van der Waals surface area contributed by atoms with Crippen molar-refractivity contribution in [3.8, 4) is 0 Å². The maximum absolute atomic E-state index is 12.2. The fourth-order valence-electron chi connectivity index (χ4n) is 2.76. The van der Waals surface area contributed by atoms with Gasteiger partial charge in [0.2, 0.25) is 5.91 Å². The summed E-state index contributed by atoms with van der Waals surface area (Å²) >= 11 is 0. The van der Waals surface area contributed by atoms with Crippen molar-refractivity contribution in [2.75, 3.05) is 6.54 Å². The number of fused-ring (bicyclic) bond motifs is 1. The maximum atomic E-state index is 12.2. The quantitative estimate of drug-likeness (QED) is 0.336. The van der Waals surface area contributed by atoms with Crippen LogP contribution in [0.3, 0.4) is 0 Å². The summed E-state index contributed by atoms with van der Waals surface area (Å²) in [4.78, 5) is 29.6. The predicted molar refractivity (Wildman–Crippen MR) is 103 cm³/mol. The third-order valence-electron chi connectivity index (χ3n) is 4.13. The Labute approximate surface area is 155 Å². The Balaban J connectivity index is 1.69. The van der Waals surface area contributed by atoms with Crippen LogP contribution in [0.5, 0.6) is 0 Å². The lowest BCUT2D eigenvalue weighted by Gasteiger charge is -2.15. The lowest BCUT2D eigenvalue weighted by molar-refractivity contribution is -0.385. The van der Waals surface area contributed by atoms with Gasteiger partial charge in [-0.15, -0.1) is 0 Å². The largest absolute Gasteiger partial charge is 0.348 e. The molecule has 4 N–H and O–H groups in total. The van der Waals surface area contributed by atoms with Crippen molar-refractivity contribution in [1.29, 1.82) is 0 Å². The van der Waals surface area contributed by atoms with Gasteiger partial charge in [0.05, 0.1) is 4.92 Å². The number of aromatic nitrogens is 2. The minimum atomic E-state index is -0.505. The highest BCUT2D eigenvalue weighted by molar-refractivity contribution is 5.96. The summed E-state index contributed by atoms with van der Waals surface area (Å²) in [5, 5.41) is 14.4. The average molecular weight is 365 g/mol. The molecule has 138 valence electrons. The smallest absolute Gasteiger partial charge is 0.288 e. The van der Waals surface area contributed by atoms with E-state index in [1.54, 1.807) is 12.3 Å². The van der Waals surface area contributed by atoms with E-state index >= 15 is 0 Å². The number of aromatic amines is 1. The van der Waals surface area contributed by atoms with E-state index in [2.05, 4.69) is 15.3 Å². The molecule has 0 aliphatic heterocycles. The van der Waals surface area contributed by atoms with E-state index in [1.807, 2.05) is 30.3 Å². The molecule has 0 bridgehead atoms. The van der Waals surface area contributed by atoms with Crippen LogP contribution >= 0.6 is 0 Å². The molecular weight excluding hydrogens is 346 g/mol. The molecular formula is C19H19N5O3. The first-order valence-electron chi connectivity index (χ1n) is 8.41. The normalized spacial score (nSPS) is 12.3. The summed E-state index contributed by atoms with van der Waals surface area (Å²) in [6, 6.07) is 11.0. The van der Waals surface area contributed by atoms with Crippen LogP contribution in [-0.2, 0) is 11.2 Å². The average Bonchev–Trinajstić information content (AvgIpc) is 3.09. The molecule has 1 atom stereocenters. The molecule has 1 aromatic carbocycles. The van der Waals surface area contributed by atoms with E-state index in [-0.39, 0.29) is 17.6 Å². The third kappa shape index (κ3) is 4.56. The summed E-state index contributed by atoms with van der Waals surface area (Å²) < 4.78 is 0. The molecule has 0 saturated carbocycles. The van der Waals surface area contributed by atoms with E-state index < -0.39 is 4.92 Å². The lowest BCUT2D eigenvalue weighted by atomic mass is 10.1. The van der Waals surface area contributed by atoms with E-state index in [4.69, 9.17) is 5.73 Å². The second-order valence-corrected chi connectivity index (χ2v) is 6.06. The highest BCUT2D eigenvalue weighted by Crippen LogP contribution is 2.22. The van der Waals surface area contributed by atoms with Crippen LogP contribution in [0.15, 0.2) is 54.9 Å². The van der Waals surface area contributed by atoms with Gasteiger partial charge in [-0.1, -0.05) is 30.3 Å². The number of nitrogens with one attached hydrogen (secondary N) is 2. The van der Waals surface area contributed by atoms with Crippen molar-refractivity contribution < 1.29 is 9.72 Å². The molecule has 8 heteroatoms. The number of rotatable bonds is 7. The zero-order chi connectivity index (χ0) is 19.2. The maximum Gasteiger partial charge on any atom is 0.288 e. The molecule has 8 nitrogen and oxygen atoms in total. The fourth-order valence-corrected chi connectivity index (χ4v) is 2.76. The van der Waals surface area contributed by atoms with Gasteiger partial charge in [0, 0.05) is 41.9 Å². The Morgan fingerprint density at radius 1 is 1.37 bits per heavy atom. The Morgan fingerprint density at radius 3 is 2.85 bits per heavy atom. The molecule has 0 aliphatic carbocycles. The monoisotopic (exact) mass is 365 g/mol. The molecule has 3 aromatic rings. The van der Waals surface area contributed by atoms with Crippen molar-refractivity contribution >= 4 is 28.7 Å². The van der Waals surface area contributed by atoms with Gasteiger partial charge in [-0.2, -0.15) is 0 Å². The minimum Gasteiger partial charge on any atom is -0.348 e. The molecule has 0 radical (unpaired) electrons. The van der Waals surface area contributed by atoms with Crippen LogP contribution in [0.1, 0.15) is 11.1 Å².